The molecule has 0 aromatic carbocycles. The third-order valence-electron chi connectivity index (χ3n) is 14.7. The Bertz CT molecular complexity index is 1850. The van der Waals surface area contributed by atoms with Gasteiger partial charge in [0.05, 0.1) is 39.6 Å². The summed E-state index contributed by atoms with van der Waals surface area (Å²) in [5.74, 6) is 0. The van der Waals surface area contributed by atoms with Gasteiger partial charge in [-0.3, -0.25) is 0 Å². The van der Waals surface area contributed by atoms with Crippen LogP contribution in [0, 0.1) is 0 Å². The van der Waals surface area contributed by atoms with Crippen molar-refractivity contribution in [2.24, 2.45) is 0 Å². The van der Waals surface area contributed by atoms with Crippen LogP contribution in [0.25, 0.3) is 0 Å². The molecule has 21 fully saturated rings. The molecule has 21 saturated heterocycles. The van der Waals surface area contributed by atoms with Crippen LogP contribution in [0.2, 0.25) is 0 Å². The van der Waals surface area contributed by atoms with Crippen LogP contribution in [0.15, 0.2) is 0 Å². The van der Waals surface area contributed by atoms with Crippen molar-refractivity contribution in [1.29, 1.82) is 0 Å². The van der Waals surface area contributed by atoms with E-state index in [0.717, 1.165) is 0 Å². The van der Waals surface area contributed by atoms with Crippen molar-refractivity contribution in [3.8, 4) is 0 Å². The van der Waals surface area contributed by atoms with Crippen LogP contribution in [-0.4, -0.2) is 363 Å². The highest BCUT2D eigenvalue weighted by molar-refractivity contribution is 5.57. The van der Waals surface area contributed by atoms with Gasteiger partial charge in [-0.1, -0.05) is 0 Å². The predicted molar refractivity (Wildman–Crippen MR) is 227 cm³/mol. The van der Waals surface area contributed by atoms with Crippen molar-refractivity contribution in [1.82, 2.24) is 0 Å². The molecule has 0 aromatic rings. The fourth-order valence-electron chi connectivity index (χ4n) is 10.3. The fraction of sp³-hybridized carbons (Fsp3) is 0.976. The minimum absolute atomic E-state index is 0.0401. The maximum atomic E-state index is 12.4. The molecule has 0 radical (unpaired) electrons. The van der Waals surface area contributed by atoms with Gasteiger partial charge in [0.15, 0.2) is 50.3 Å². The standard InChI is InChI=1S/C42H68O35/c43-1-8-29-15(50)22(57)36(64-8)72-30-9(2-44)66-38(24(59)17(30)52)74-32-11(4-46)68-40(26(61)19(32)54)76-34-13(6-48)70-42(28(63)21(34)56)77-35-14(7-49)69-41(27(62)20(35)55)75-33-12(5-47)67-39(25(60)18(33)53)73-31-10(3-45)65-37(71-29)23(58)16(31)51/h1,8-42,44-63H,2-7H2/t8-,9-,10-,11-,12-,13-,14-,15-,16-,17+,18-,19+,20-,21-,22-,23-,24+,25-,26+,27-,28-,29-,30-,31-,32-,33-,34-,35-,36-,37-,38-,39-,40-,41-,42-/m1/s1. The summed E-state index contributed by atoms with van der Waals surface area (Å²) in [7, 11) is 0. The summed E-state index contributed by atoms with van der Waals surface area (Å²) in [5, 5.41) is 220. The van der Waals surface area contributed by atoms with E-state index in [4.69, 9.17) is 66.3 Å². The van der Waals surface area contributed by atoms with Crippen LogP contribution >= 0.6 is 0 Å². The average molecular weight is 1130 g/mol. The van der Waals surface area contributed by atoms with Crippen molar-refractivity contribution < 1.29 is 173 Å². The van der Waals surface area contributed by atoms with Crippen molar-refractivity contribution in [2.45, 2.75) is 215 Å². The molecule has 35 atom stereocenters. The molecule has 0 unspecified atom stereocenters. The van der Waals surface area contributed by atoms with E-state index in [2.05, 4.69) is 0 Å². The van der Waals surface area contributed by atoms with Gasteiger partial charge in [0.2, 0.25) is 0 Å². The largest absolute Gasteiger partial charge is 0.394 e. The molecule has 20 N–H and O–H groups in total. The lowest BCUT2D eigenvalue weighted by Crippen LogP contribution is -2.68. The van der Waals surface area contributed by atoms with Gasteiger partial charge in [0.1, 0.15) is 171 Å². The van der Waals surface area contributed by atoms with E-state index in [-0.39, 0.29) is 6.29 Å². The summed E-state index contributed by atoms with van der Waals surface area (Å²) in [6, 6.07) is 0. The molecule has 446 valence electrons. The number of carbonyl (C=O) groups is 1. The molecule has 77 heavy (non-hydrogen) atoms. The molecule has 21 heterocycles. The van der Waals surface area contributed by atoms with E-state index in [1.807, 2.05) is 0 Å². The zero-order chi connectivity index (χ0) is 56.1. The first-order valence-corrected chi connectivity index (χ1v) is 24.5. The zero-order valence-electron chi connectivity index (χ0n) is 40.1. The molecule has 21 aliphatic rings. The van der Waals surface area contributed by atoms with Crippen LogP contribution < -0.4 is 0 Å². The topological polar surface area (TPSA) is 551 Å². The van der Waals surface area contributed by atoms with E-state index >= 15 is 0 Å². The second-order valence-corrected chi connectivity index (χ2v) is 19.5. The van der Waals surface area contributed by atoms with Crippen molar-refractivity contribution in [2.75, 3.05) is 39.6 Å². The quantitative estimate of drug-likeness (QED) is 0.105. The van der Waals surface area contributed by atoms with E-state index in [9.17, 15) is 107 Å². The van der Waals surface area contributed by atoms with Gasteiger partial charge in [0, 0.05) is 0 Å². The number of carbonyl (C=O) groups excluding carboxylic acids is 1. The monoisotopic (exact) mass is 1130 g/mol. The Morgan fingerprint density at radius 3 is 0.545 bits per heavy atom. The van der Waals surface area contributed by atoms with Crippen LogP contribution in [0.4, 0.5) is 0 Å². The Morgan fingerprint density at radius 1 is 0.221 bits per heavy atom. The first-order chi connectivity index (χ1) is 36.7. The van der Waals surface area contributed by atoms with Crippen LogP contribution in [0.5, 0.6) is 0 Å². The van der Waals surface area contributed by atoms with Crippen molar-refractivity contribution in [3.05, 3.63) is 0 Å². The zero-order valence-corrected chi connectivity index (χ0v) is 40.1. The molecular formula is C42H68O35. The van der Waals surface area contributed by atoms with Gasteiger partial charge < -0.3 is 173 Å². The molecule has 0 aliphatic carbocycles. The van der Waals surface area contributed by atoms with Gasteiger partial charge in [-0.05, 0) is 0 Å². The number of rotatable bonds is 7. The summed E-state index contributed by atoms with van der Waals surface area (Å²) in [5.41, 5.74) is 0. The molecule has 21 aliphatic heterocycles. The SMILES string of the molecule is O=C[C@H]1O[C@@H]2O[C@H]3[C@@H](O)[C@H](O)[C@@H](O[C@H]4[C@@H](O)[C@H](O)[C@@H](O[C@H]5[C@H](O)[C@@H](O)[C@@H](O[C@H]6[C@H](O)[C@@H](O)[C@@H](O[C@H]7[C@H](O)[C@@H](O)[C@@H](O[C@H]8[C@H](O)[C@@H](O)[C@@H](O[C@H]1[C@H](O)[C@H]2O)O[C@@H]8CO)O[C@@H]7CO)O[C@@H]6CO)O[C@@H]5CO)O[C@@H]4CO)O[C@@H]3CO. The Balaban J connectivity index is 1.08. The van der Waals surface area contributed by atoms with E-state index in [1.54, 1.807) is 0 Å². The van der Waals surface area contributed by atoms with Crippen LogP contribution in [0.3, 0.4) is 0 Å². The Morgan fingerprint density at radius 2 is 0.377 bits per heavy atom. The van der Waals surface area contributed by atoms with Crippen LogP contribution in [0.1, 0.15) is 0 Å². The van der Waals surface area contributed by atoms with Crippen LogP contribution in [-0.2, 0) is 71.1 Å². The van der Waals surface area contributed by atoms with Gasteiger partial charge in [-0.25, -0.2) is 0 Å². The summed E-state index contributed by atoms with van der Waals surface area (Å²) in [6.07, 6.45) is -71.2. The molecule has 0 amide bonds. The molecule has 35 nitrogen and oxygen atoms in total. The minimum atomic E-state index is -2.25. The van der Waals surface area contributed by atoms with Crippen molar-refractivity contribution in [3.63, 3.8) is 0 Å². The maximum Gasteiger partial charge on any atom is 0.187 e. The lowest BCUT2D eigenvalue weighted by atomic mass is 9.95. The molecule has 14 bridgehead atoms. The first-order valence-electron chi connectivity index (χ1n) is 24.5. The van der Waals surface area contributed by atoms with Gasteiger partial charge in [-0.15, -0.1) is 0 Å². The highest BCUT2D eigenvalue weighted by Crippen LogP contribution is 2.38. The number of aliphatic hydroxyl groups is 20. The molecule has 35 heteroatoms. The average Bonchev–Trinajstić information content (AvgIpc) is 3.45. The summed E-state index contributed by atoms with van der Waals surface area (Å²) in [6.45, 7) is -6.35. The molecule has 0 aromatic heterocycles. The number of hydrogen-bond donors (Lipinski definition) is 20. The van der Waals surface area contributed by atoms with E-state index in [0.29, 0.717) is 0 Å². The lowest BCUT2D eigenvalue weighted by Gasteiger charge is -2.50. The Labute approximate surface area is 433 Å². The summed E-state index contributed by atoms with van der Waals surface area (Å²) in [4.78, 5) is 12.4. The van der Waals surface area contributed by atoms with Crippen molar-refractivity contribution >= 4 is 6.29 Å². The Kier molecular flexibility index (Phi) is 20.6. The molecule has 21 rings (SSSR count). The summed E-state index contributed by atoms with van der Waals surface area (Å²) < 4.78 is 79.1. The van der Waals surface area contributed by atoms with Gasteiger partial charge in [0.25, 0.3) is 0 Å². The predicted octanol–water partition coefficient (Wildman–Crippen LogP) is -15.0. The molecular weight excluding hydrogens is 1060 g/mol. The molecule has 0 saturated carbocycles. The number of hydrogen-bond acceptors (Lipinski definition) is 35. The maximum absolute atomic E-state index is 12.4. The smallest absolute Gasteiger partial charge is 0.187 e. The number of aliphatic hydroxyl groups excluding tert-OH is 20. The van der Waals surface area contributed by atoms with Gasteiger partial charge >= 0.3 is 0 Å². The fourth-order valence-corrected chi connectivity index (χ4v) is 10.3. The third-order valence-corrected chi connectivity index (χ3v) is 14.7. The molecule has 0 spiro atoms. The van der Waals surface area contributed by atoms with E-state index < -0.39 is 255 Å². The lowest BCUT2D eigenvalue weighted by molar-refractivity contribution is -0.396. The number of aldehydes is 1. The first kappa shape index (κ1) is 61.4. The third kappa shape index (κ3) is 12.0. The normalized spacial score (nSPS) is 55.3. The highest BCUT2D eigenvalue weighted by atomic mass is 16.8. The second kappa shape index (κ2) is 25.8. The second-order valence-electron chi connectivity index (χ2n) is 19.5. The number of ether oxygens (including phenoxy) is 14. The van der Waals surface area contributed by atoms with E-state index in [1.165, 1.54) is 0 Å². The van der Waals surface area contributed by atoms with Gasteiger partial charge in [-0.2, -0.15) is 0 Å². The minimum Gasteiger partial charge on any atom is -0.394 e. The summed E-state index contributed by atoms with van der Waals surface area (Å²) >= 11 is 0. The Hall–Kier alpha value is -1.69. The highest BCUT2D eigenvalue weighted by Gasteiger charge is 2.59.